The van der Waals surface area contributed by atoms with Crippen molar-refractivity contribution in [2.24, 2.45) is 5.92 Å². The molecule has 1 amide bonds. The van der Waals surface area contributed by atoms with Crippen molar-refractivity contribution in [1.29, 1.82) is 0 Å². The number of halogens is 1. The van der Waals surface area contributed by atoms with Crippen molar-refractivity contribution in [1.82, 2.24) is 14.9 Å². The molecule has 0 aliphatic carbocycles. The van der Waals surface area contributed by atoms with E-state index in [2.05, 4.69) is 73.2 Å². The van der Waals surface area contributed by atoms with Gasteiger partial charge in [-0.05, 0) is 69.4 Å². The van der Waals surface area contributed by atoms with Crippen molar-refractivity contribution in [3.63, 3.8) is 0 Å². The van der Waals surface area contributed by atoms with Crippen molar-refractivity contribution in [3.8, 4) is 0 Å². The van der Waals surface area contributed by atoms with Crippen LogP contribution in [0.2, 0.25) is 0 Å². The summed E-state index contributed by atoms with van der Waals surface area (Å²) in [6, 6.07) is 16.8. The molecule has 1 fully saturated rings. The van der Waals surface area contributed by atoms with Crippen molar-refractivity contribution in [3.05, 3.63) is 58.6 Å². The van der Waals surface area contributed by atoms with Crippen LogP contribution in [0.1, 0.15) is 39.2 Å². The Labute approximate surface area is 198 Å². The quantitative estimate of drug-likeness (QED) is 0.498. The summed E-state index contributed by atoms with van der Waals surface area (Å²) in [4.78, 5) is 19.4. The first-order valence-electron chi connectivity index (χ1n) is 11.2. The Hall–Kier alpha value is -2.54. The van der Waals surface area contributed by atoms with Gasteiger partial charge in [0.1, 0.15) is 5.60 Å². The second-order valence-corrected chi connectivity index (χ2v) is 10.4. The minimum absolute atomic E-state index is 0.350. The first-order valence-corrected chi connectivity index (χ1v) is 12.0. The third kappa shape index (κ3) is 5.63. The monoisotopic (exact) mass is 498 g/mol. The van der Waals surface area contributed by atoms with Gasteiger partial charge in [-0.25, -0.2) is 9.78 Å². The largest absolute Gasteiger partial charge is 0.444 e. The highest BCUT2D eigenvalue weighted by Gasteiger charge is 2.25. The number of imidazole rings is 1. The lowest BCUT2D eigenvalue weighted by Gasteiger charge is -2.34. The summed E-state index contributed by atoms with van der Waals surface area (Å²) in [6.45, 7) is 8.84. The molecule has 7 heteroatoms. The van der Waals surface area contributed by atoms with E-state index in [1.807, 2.05) is 26.8 Å². The molecule has 0 radical (unpaired) electrons. The fraction of sp³-hybridized carbons (Fsp3) is 0.440. The van der Waals surface area contributed by atoms with E-state index in [-0.39, 0.29) is 6.09 Å². The second-order valence-electron chi connectivity index (χ2n) is 9.45. The van der Waals surface area contributed by atoms with Crippen LogP contribution in [-0.2, 0) is 11.3 Å². The highest BCUT2D eigenvalue weighted by Crippen LogP contribution is 2.28. The average molecular weight is 499 g/mol. The molecule has 1 aromatic heterocycles. The van der Waals surface area contributed by atoms with Crippen LogP contribution in [0.3, 0.4) is 0 Å². The summed E-state index contributed by atoms with van der Waals surface area (Å²) in [5.41, 5.74) is 2.89. The number of hydrogen-bond acceptors (Lipinski definition) is 4. The molecule has 1 aliphatic rings. The lowest BCUT2D eigenvalue weighted by molar-refractivity contribution is 0.0517. The number of para-hydroxylation sites is 2. The van der Waals surface area contributed by atoms with E-state index in [1.54, 1.807) is 0 Å². The fourth-order valence-corrected chi connectivity index (χ4v) is 4.45. The SMILES string of the molecule is CC(C)(C)OC(=O)NC[C@@H]1CCCN(c2nc3ccccc3n2Cc2ccc(Br)cc2)C1. The molecular weight excluding hydrogens is 468 g/mol. The summed E-state index contributed by atoms with van der Waals surface area (Å²) >= 11 is 3.52. The van der Waals surface area contributed by atoms with Gasteiger partial charge in [0.15, 0.2) is 0 Å². The first kappa shape index (κ1) is 22.6. The van der Waals surface area contributed by atoms with Gasteiger partial charge in [0.25, 0.3) is 0 Å². The predicted molar refractivity (Wildman–Crippen MR) is 132 cm³/mol. The molecule has 4 rings (SSSR count). The summed E-state index contributed by atoms with van der Waals surface area (Å²) in [7, 11) is 0. The zero-order chi connectivity index (χ0) is 22.7. The number of amides is 1. The fourth-order valence-electron chi connectivity index (χ4n) is 4.19. The smallest absolute Gasteiger partial charge is 0.407 e. The number of carbonyl (C=O) groups is 1. The van der Waals surface area contributed by atoms with E-state index in [4.69, 9.17) is 9.72 Å². The van der Waals surface area contributed by atoms with E-state index in [9.17, 15) is 4.79 Å². The van der Waals surface area contributed by atoms with Gasteiger partial charge in [-0.1, -0.05) is 40.2 Å². The molecule has 1 N–H and O–H groups in total. The third-order valence-corrected chi connectivity index (χ3v) is 6.15. The van der Waals surface area contributed by atoms with Gasteiger partial charge < -0.3 is 19.5 Å². The van der Waals surface area contributed by atoms with E-state index in [1.165, 1.54) is 5.56 Å². The van der Waals surface area contributed by atoms with Crippen LogP contribution in [0.15, 0.2) is 53.0 Å². The lowest BCUT2D eigenvalue weighted by Crippen LogP contribution is -2.43. The molecule has 0 spiro atoms. The Balaban J connectivity index is 1.52. The zero-order valence-electron chi connectivity index (χ0n) is 19.0. The average Bonchev–Trinajstić information content (AvgIpc) is 3.11. The van der Waals surface area contributed by atoms with Crippen molar-refractivity contribution in [2.45, 2.75) is 45.8 Å². The van der Waals surface area contributed by atoms with Crippen LogP contribution in [0, 0.1) is 5.92 Å². The molecule has 0 bridgehead atoms. The number of anilines is 1. The second kappa shape index (κ2) is 9.53. The number of fused-ring (bicyclic) bond motifs is 1. The van der Waals surface area contributed by atoms with E-state index >= 15 is 0 Å². The number of hydrogen-bond donors (Lipinski definition) is 1. The zero-order valence-corrected chi connectivity index (χ0v) is 20.6. The topological polar surface area (TPSA) is 59.4 Å². The number of nitrogens with zero attached hydrogens (tertiary/aromatic N) is 3. The summed E-state index contributed by atoms with van der Waals surface area (Å²) in [6.07, 6.45) is 1.80. The summed E-state index contributed by atoms with van der Waals surface area (Å²) in [5, 5.41) is 2.95. The molecule has 1 atom stereocenters. The molecule has 170 valence electrons. The molecule has 0 unspecified atom stereocenters. The Bertz CT molecular complexity index is 1070. The van der Waals surface area contributed by atoms with Crippen LogP contribution in [-0.4, -0.2) is 40.9 Å². The van der Waals surface area contributed by atoms with Crippen molar-refractivity contribution < 1.29 is 9.53 Å². The van der Waals surface area contributed by atoms with E-state index < -0.39 is 5.60 Å². The predicted octanol–water partition coefficient (Wildman–Crippen LogP) is 5.59. The number of nitrogens with one attached hydrogen (secondary N) is 1. The standard InChI is InChI=1S/C25H31BrN4O2/c1-25(2,3)32-24(31)27-15-19-7-6-14-29(16-19)23-28-21-8-4-5-9-22(21)30(23)17-18-10-12-20(26)13-11-18/h4-5,8-13,19H,6-7,14-17H2,1-3H3,(H,27,31)/t19-/m0/s1. The maximum absolute atomic E-state index is 12.1. The number of alkyl carbamates (subject to hydrolysis) is 1. The number of aromatic nitrogens is 2. The molecule has 2 heterocycles. The van der Waals surface area contributed by atoms with E-state index in [0.717, 1.165) is 53.9 Å². The van der Waals surface area contributed by atoms with Gasteiger partial charge in [-0.15, -0.1) is 0 Å². The first-order chi connectivity index (χ1) is 15.3. The number of piperidine rings is 1. The molecule has 32 heavy (non-hydrogen) atoms. The van der Waals surface area contributed by atoms with Crippen molar-refractivity contribution in [2.75, 3.05) is 24.5 Å². The van der Waals surface area contributed by atoms with Crippen LogP contribution in [0.5, 0.6) is 0 Å². The molecule has 3 aromatic rings. The Morgan fingerprint density at radius 1 is 1.19 bits per heavy atom. The van der Waals surface area contributed by atoms with Crippen LogP contribution < -0.4 is 10.2 Å². The van der Waals surface area contributed by atoms with Gasteiger partial charge in [-0.2, -0.15) is 0 Å². The van der Waals surface area contributed by atoms with E-state index in [0.29, 0.717) is 12.5 Å². The lowest BCUT2D eigenvalue weighted by atomic mass is 9.98. The minimum Gasteiger partial charge on any atom is -0.444 e. The number of rotatable bonds is 5. The van der Waals surface area contributed by atoms with Gasteiger partial charge in [0.2, 0.25) is 5.95 Å². The van der Waals surface area contributed by atoms with Gasteiger partial charge >= 0.3 is 6.09 Å². The number of benzene rings is 2. The van der Waals surface area contributed by atoms with Crippen LogP contribution >= 0.6 is 15.9 Å². The van der Waals surface area contributed by atoms with Gasteiger partial charge in [-0.3, -0.25) is 0 Å². The van der Waals surface area contributed by atoms with Crippen LogP contribution in [0.4, 0.5) is 10.7 Å². The van der Waals surface area contributed by atoms with Gasteiger partial charge in [0, 0.05) is 24.1 Å². The van der Waals surface area contributed by atoms with Crippen molar-refractivity contribution >= 4 is 39.0 Å². The Morgan fingerprint density at radius 3 is 2.69 bits per heavy atom. The maximum Gasteiger partial charge on any atom is 0.407 e. The van der Waals surface area contributed by atoms with Gasteiger partial charge in [0.05, 0.1) is 17.6 Å². The molecule has 1 saturated heterocycles. The molecular formula is C25H31BrN4O2. The molecule has 1 aliphatic heterocycles. The third-order valence-electron chi connectivity index (χ3n) is 5.62. The minimum atomic E-state index is -0.486. The summed E-state index contributed by atoms with van der Waals surface area (Å²) < 4.78 is 8.78. The Morgan fingerprint density at radius 2 is 1.94 bits per heavy atom. The normalized spacial score (nSPS) is 16.9. The molecule has 6 nitrogen and oxygen atoms in total. The summed E-state index contributed by atoms with van der Waals surface area (Å²) in [5.74, 6) is 1.35. The highest BCUT2D eigenvalue weighted by molar-refractivity contribution is 9.10. The Kier molecular flexibility index (Phi) is 6.74. The highest BCUT2D eigenvalue weighted by atomic mass is 79.9. The number of ether oxygens (including phenoxy) is 1. The number of carbonyl (C=O) groups excluding carboxylic acids is 1. The molecule has 0 saturated carbocycles. The van der Waals surface area contributed by atoms with Crippen LogP contribution in [0.25, 0.3) is 11.0 Å². The maximum atomic E-state index is 12.1. The molecule has 2 aromatic carbocycles.